The van der Waals surface area contributed by atoms with Gasteiger partial charge in [0.1, 0.15) is 6.07 Å². The lowest BCUT2D eigenvalue weighted by molar-refractivity contribution is 0.469. The molecular formula is C8H8N2O. The number of pyridine rings is 1. The molecule has 1 rings (SSSR count). The predicted octanol–water partition coefficient (Wildman–Crippen LogP) is 1.22. The molecule has 1 heterocycles. The normalized spacial score (nSPS) is 9.09. The minimum Gasteiger partial charge on any atom is -0.505 e. The fourth-order valence-corrected chi connectivity index (χ4v) is 0.774. The highest BCUT2D eigenvalue weighted by molar-refractivity contribution is 5.37. The highest BCUT2D eigenvalue weighted by atomic mass is 16.3. The summed E-state index contributed by atoms with van der Waals surface area (Å²) in [5.74, 6) is -0.0353. The second kappa shape index (κ2) is 3.02. The monoisotopic (exact) mass is 148 g/mol. The molecule has 3 heteroatoms. The third kappa shape index (κ3) is 1.47. The Morgan fingerprint density at radius 3 is 2.91 bits per heavy atom. The summed E-state index contributed by atoms with van der Waals surface area (Å²) in [6.45, 7) is 1.96. The molecule has 0 aliphatic heterocycles. The van der Waals surface area contributed by atoms with Crippen molar-refractivity contribution in [2.24, 2.45) is 0 Å². The van der Waals surface area contributed by atoms with E-state index >= 15 is 0 Å². The van der Waals surface area contributed by atoms with Gasteiger partial charge < -0.3 is 5.11 Å². The lowest BCUT2D eigenvalue weighted by Crippen LogP contribution is -1.86. The van der Waals surface area contributed by atoms with Gasteiger partial charge in [-0.15, -0.1) is 0 Å². The molecule has 1 aromatic rings. The Kier molecular flexibility index (Phi) is 2.07. The number of aryl methyl sites for hydroxylation is 1. The van der Waals surface area contributed by atoms with E-state index in [1.165, 1.54) is 0 Å². The summed E-state index contributed by atoms with van der Waals surface area (Å²) in [5.41, 5.74) is 1.02. The summed E-state index contributed by atoms with van der Waals surface area (Å²) in [4.78, 5) is 3.76. The largest absolute Gasteiger partial charge is 0.505 e. The second-order valence-electron chi connectivity index (χ2n) is 2.18. The molecule has 0 aliphatic rings. The number of aromatic nitrogens is 1. The highest BCUT2D eigenvalue weighted by Crippen LogP contribution is 2.14. The van der Waals surface area contributed by atoms with Crippen molar-refractivity contribution in [1.29, 1.82) is 5.26 Å². The van der Waals surface area contributed by atoms with Crippen LogP contribution in [0.4, 0.5) is 0 Å². The Hall–Kier alpha value is -1.56. The number of nitriles is 1. The van der Waals surface area contributed by atoms with Gasteiger partial charge in [-0.1, -0.05) is 6.92 Å². The van der Waals surface area contributed by atoms with E-state index in [0.29, 0.717) is 0 Å². The van der Waals surface area contributed by atoms with Gasteiger partial charge in [0.2, 0.25) is 0 Å². The van der Waals surface area contributed by atoms with Gasteiger partial charge >= 0.3 is 0 Å². The van der Waals surface area contributed by atoms with Crippen molar-refractivity contribution in [3.8, 4) is 11.8 Å². The summed E-state index contributed by atoms with van der Waals surface area (Å²) < 4.78 is 0. The van der Waals surface area contributed by atoms with Gasteiger partial charge in [-0.2, -0.15) is 5.26 Å². The number of rotatable bonds is 1. The smallest absolute Gasteiger partial charge is 0.182 e. The van der Waals surface area contributed by atoms with Gasteiger partial charge in [-0.05, 0) is 18.1 Å². The van der Waals surface area contributed by atoms with E-state index in [1.54, 1.807) is 18.3 Å². The third-order valence-electron chi connectivity index (χ3n) is 1.44. The van der Waals surface area contributed by atoms with E-state index in [9.17, 15) is 0 Å². The SMILES string of the molecule is CCc1cnc(C#N)c(O)c1. The van der Waals surface area contributed by atoms with Crippen LogP contribution in [0.2, 0.25) is 0 Å². The molecule has 0 saturated carbocycles. The molecular weight excluding hydrogens is 140 g/mol. The van der Waals surface area contributed by atoms with E-state index in [0.717, 1.165) is 12.0 Å². The van der Waals surface area contributed by atoms with Gasteiger partial charge in [0.05, 0.1) is 0 Å². The summed E-state index contributed by atoms with van der Waals surface area (Å²) in [5, 5.41) is 17.5. The van der Waals surface area contributed by atoms with Crippen LogP contribution in [-0.2, 0) is 6.42 Å². The molecule has 0 unspecified atom stereocenters. The Morgan fingerprint density at radius 2 is 2.45 bits per heavy atom. The molecule has 1 aromatic heterocycles. The summed E-state index contributed by atoms with van der Waals surface area (Å²) >= 11 is 0. The Morgan fingerprint density at radius 1 is 1.73 bits per heavy atom. The Balaban J connectivity index is 3.12. The van der Waals surface area contributed by atoms with Crippen molar-refractivity contribution in [2.75, 3.05) is 0 Å². The first kappa shape index (κ1) is 7.55. The van der Waals surface area contributed by atoms with Crippen LogP contribution >= 0.6 is 0 Å². The third-order valence-corrected chi connectivity index (χ3v) is 1.44. The van der Waals surface area contributed by atoms with Crippen molar-refractivity contribution in [3.63, 3.8) is 0 Å². The van der Waals surface area contributed by atoms with Gasteiger partial charge in [0.15, 0.2) is 11.4 Å². The topological polar surface area (TPSA) is 56.9 Å². The molecule has 0 aliphatic carbocycles. The molecule has 0 bridgehead atoms. The van der Waals surface area contributed by atoms with Crippen LogP contribution in [0, 0.1) is 11.3 Å². The molecule has 56 valence electrons. The molecule has 0 spiro atoms. The van der Waals surface area contributed by atoms with Gasteiger partial charge in [-0.3, -0.25) is 0 Å². The lowest BCUT2D eigenvalue weighted by atomic mass is 10.2. The fourth-order valence-electron chi connectivity index (χ4n) is 0.774. The maximum absolute atomic E-state index is 9.14. The van der Waals surface area contributed by atoms with Gasteiger partial charge in [0.25, 0.3) is 0 Å². The van der Waals surface area contributed by atoms with Crippen LogP contribution in [0.3, 0.4) is 0 Å². The van der Waals surface area contributed by atoms with Crippen molar-refractivity contribution in [2.45, 2.75) is 13.3 Å². The summed E-state index contributed by atoms with van der Waals surface area (Å²) in [6, 6.07) is 3.35. The molecule has 0 radical (unpaired) electrons. The lowest BCUT2D eigenvalue weighted by Gasteiger charge is -1.97. The second-order valence-corrected chi connectivity index (χ2v) is 2.18. The zero-order valence-electron chi connectivity index (χ0n) is 6.20. The fraction of sp³-hybridized carbons (Fsp3) is 0.250. The van der Waals surface area contributed by atoms with Crippen LogP contribution in [0.15, 0.2) is 12.3 Å². The highest BCUT2D eigenvalue weighted by Gasteiger charge is 2.00. The van der Waals surface area contributed by atoms with Crippen molar-refractivity contribution in [1.82, 2.24) is 4.98 Å². The molecule has 3 nitrogen and oxygen atoms in total. The average molecular weight is 148 g/mol. The number of aromatic hydroxyl groups is 1. The van der Waals surface area contributed by atoms with E-state index in [1.807, 2.05) is 6.92 Å². The minimum absolute atomic E-state index is 0.0353. The van der Waals surface area contributed by atoms with Gasteiger partial charge in [0, 0.05) is 6.20 Å². The summed E-state index contributed by atoms with van der Waals surface area (Å²) in [6.07, 6.45) is 2.41. The van der Waals surface area contributed by atoms with E-state index < -0.39 is 0 Å². The van der Waals surface area contributed by atoms with Gasteiger partial charge in [-0.25, -0.2) is 4.98 Å². The van der Waals surface area contributed by atoms with E-state index in [-0.39, 0.29) is 11.4 Å². The van der Waals surface area contributed by atoms with Crippen molar-refractivity contribution >= 4 is 0 Å². The zero-order valence-corrected chi connectivity index (χ0v) is 6.20. The molecule has 0 fully saturated rings. The standard InChI is InChI=1S/C8H8N2O/c1-2-6-3-8(11)7(4-9)10-5-6/h3,5,11H,2H2,1H3. The molecule has 0 atom stereocenters. The average Bonchev–Trinajstić information content (AvgIpc) is 2.04. The number of hydrogen-bond donors (Lipinski definition) is 1. The predicted molar refractivity (Wildman–Crippen MR) is 40.0 cm³/mol. The quantitative estimate of drug-likeness (QED) is 0.651. The zero-order chi connectivity index (χ0) is 8.27. The Bertz CT molecular complexity index is 301. The van der Waals surface area contributed by atoms with E-state index in [4.69, 9.17) is 10.4 Å². The first-order valence-corrected chi connectivity index (χ1v) is 3.36. The van der Waals surface area contributed by atoms with Crippen LogP contribution in [-0.4, -0.2) is 10.1 Å². The molecule has 11 heavy (non-hydrogen) atoms. The van der Waals surface area contributed by atoms with Crippen LogP contribution in [0.1, 0.15) is 18.2 Å². The molecule has 1 N–H and O–H groups in total. The van der Waals surface area contributed by atoms with Crippen LogP contribution < -0.4 is 0 Å². The molecule has 0 amide bonds. The number of nitrogens with zero attached hydrogens (tertiary/aromatic N) is 2. The van der Waals surface area contributed by atoms with Crippen molar-refractivity contribution in [3.05, 3.63) is 23.5 Å². The van der Waals surface area contributed by atoms with Crippen LogP contribution in [0.25, 0.3) is 0 Å². The van der Waals surface area contributed by atoms with E-state index in [2.05, 4.69) is 4.98 Å². The first-order chi connectivity index (χ1) is 5.27. The van der Waals surface area contributed by atoms with Crippen molar-refractivity contribution < 1.29 is 5.11 Å². The van der Waals surface area contributed by atoms with Crippen LogP contribution in [0.5, 0.6) is 5.75 Å². The summed E-state index contributed by atoms with van der Waals surface area (Å²) in [7, 11) is 0. The molecule has 0 saturated heterocycles. The molecule has 0 aromatic carbocycles. The maximum Gasteiger partial charge on any atom is 0.182 e. The Labute approximate surface area is 64.9 Å². The minimum atomic E-state index is -0.0353. The number of hydrogen-bond acceptors (Lipinski definition) is 3. The first-order valence-electron chi connectivity index (χ1n) is 3.36. The maximum atomic E-state index is 9.14.